The zero-order chi connectivity index (χ0) is 19.8. The Kier molecular flexibility index (Phi) is 7.12. The molecule has 28 heavy (non-hydrogen) atoms. The summed E-state index contributed by atoms with van der Waals surface area (Å²) in [5.41, 5.74) is 1.53. The van der Waals surface area contributed by atoms with Gasteiger partial charge < -0.3 is 19.7 Å². The summed E-state index contributed by atoms with van der Waals surface area (Å²) in [6, 6.07) is 9.34. The summed E-state index contributed by atoms with van der Waals surface area (Å²) in [6.07, 6.45) is 5.20. The normalized spacial score (nSPS) is 13.4. The van der Waals surface area contributed by atoms with Gasteiger partial charge in [0.15, 0.2) is 11.5 Å². The van der Waals surface area contributed by atoms with Gasteiger partial charge in [0.2, 0.25) is 0 Å². The number of hydrogen-bond acceptors (Lipinski definition) is 5. The first kappa shape index (κ1) is 20.0. The molecular formula is C22H29N3O3. The summed E-state index contributed by atoms with van der Waals surface area (Å²) in [5.74, 6) is 2.13. The van der Waals surface area contributed by atoms with Crippen LogP contribution in [0.2, 0.25) is 0 Å². The van der Waals surface area contributed by atoms with Gasteiger partial charge in [-0.05, 0) is 56.0 Å². The molecule has 0 unspecified atom stereocenters. The molecule has 0 bridgehead atoms. The summed E-state index contributed by atoms with van der Waals surface area (Å²) in [6.45, 7) is 7.68. The largest absolute Gasteiger partial charge is 0.490 e. The van der Waals surface area contributed by atoms with Gasteiger partial charge in [0.1, 0.15) is 5.82 Å². The molecule has 1 aromatic heterocycles. The second-order valence-electron chi connectivity index (χ2n) is 6.84. The fraction of sp³-hybridized carbons (Fsp3) is 0.455. The molecule has 1 N–H and O–H groups in total. The molecule has 1 aromatic carbocycles. The Bertz CT molecular complexity index is 771. The summed E-state index contributed by atoms with van der Waals surface area (Å²) in [7, 11) is 0. The smallest absolute Gasteiger partial charge is 0.251 e. The summed E-state index contributed by atoms with van der Waals surface area (Å²) >= 11 is 0. The van der Waals surface area contributed by atoms with E-state index in [0.29, 0.717) is 36.8 Å². The van der Waals surface area contributed by atoms with E-state index in [0.717, 1.165) is 30.9 Å². The average Bonchev–Trinajstić information content (AvgIpc) is 3.26. The molecule has 1 aliphatic heterocycles. The zero-order valence-corrected chi connectivity index (χ0v) is 16.7. The highest BCUT2D eigenvalue weighted by Crippen LogP contribution is 2.28. The number of aromatic nitrogens is 1. The van der Waals surface area contributed by atoms with Crippen molar-refractivity contribution < 1.29 is 14.3 Å². The Morgan fingerprint density at radius 2 is 1.93 bits per heavy atom. The predicted molar refractivity (Wildman–Crippen MR) is 110 cm³/mol. The van der Waals surface area contributed by atoms with Crippen molar-refractivity contribution >= 4 is 11.7 Å². The lowest BCUT2D eigenvalue weighted by atomic mass is 10.1. The van der Waals surface area contributed by atoms with E-state index in [1.54, 1.807) is 18.2 Å². The van der Waals surface area contributed by atoms with Crippen LogP contribution in [0.25, 0.3) is 0 Å². The van der Waals surface area contributed by atoms with Crippen LogP contribution in [0.15, 0.2) is 36.5 Å². The Morgan fingerprint density at radius 1 is 1.11 bits per heavy atom. The summed E-state index contributed by atoms with van der Waals surface area (Å²) in [4.78, 5) is 19.4. The van der Waals surface area contributed by atoms with Crippen LogP contribution < -0.4 is 19.7 Å². The van der Waals surface area contributed by atoms with Gasteiger partial charge in [0.25, 0.3) is 5.91 Å². The molecule has 1 saturated heterocycles. The van der Waals surface area contributed by atoms with Crippen LogP contribution in [-0.2, 0) is 6.54 Å². The minimum Gasteiger partial charge on any atom is -0.490 e. The molecule has 1 amide bonds. The van der Waals surface area contributed by atoms with Crippen LogP contribution in [0.1, 0.15) is 49.0 Å². The third-order valence-corrected chi connectivity index (χ3v) is 4.66. The molecule has 0 spiro atoms. The highest BCUT2D eigenvalue weighted by atomic mass is 16.5. The summed E-state index contributed by atoms with van der Waals surface area (Å²) in [5, 5.41) is 2.95. The van der Waals surface area contributed by atoms with Crippen molar-refractivity contribution in [3.8, 4) is 11.5 Å². The quantitative estimate of drug-likeness (QED) is 0.714. The Balaban J connectivity index is 1.60. The molecular weight excluding hydrogens is 354 g/mol. The van der Waals surface area contributed by atoms with E-state index in [2.05, 4.69) is 22.1 Å². The fourth-order valence-corrected chi connectivity index (χ4v) is 3.19. The van der Waals surface area contributed by atoms with Crippen molar-refractivity contribution in [2.24, 2.45) is 0 Å². The molecule has 150 valence electrons. The van der Waals surface area contributed by atoms with Crippen molar-refractivity contribution in [1.82, 2.24) is 10.3 Å². The first-order valence-corrected chi connectivity index (χ1v) is 10.1. The third kappa shape index (κ3) is 5.15. The molecule has 0 radical (unpaired) electrons. The van der Waals surface area contributed by atoms with Crippen LogP contribution in [0.3, 0.4) is 0 Å². The molecule has 0 saturated carbocycles. The van der Waals surface area contributed by atoms with E-state index in [-0.39, 0.29) is 5.91 Å². The molecule has 6 nitrogen and oxygen atoms in total. The van der Waals surface area contributed by atoms with E-state index in [9.17, 15) is 4.79 Å². The monoisotopic (exact) mass is 383 g/mol. The zero-order valence-electron chi connectivity index (χ0n) is 16.7. The minimum atomic E-state index is -0.147. The van der Waals surface area contributed by atoms with E-state index >= 15 is 0 Å². The Labute approximate surface area is 166 Å². The highest BCUT2D eigenvalue weighted by molar-refractivity contribution is 5.94. The maximum absolute atomic E-state index is 12.5. The van der Waals surface area contributed by atoms with Crippen molar-refractivity contribution in [1.29, 1.82) is 0 Å². The number of anilines is 1. The Hall–Kier alpha value is -2.76. The number of carbonyl (C=O) groups excluding carboxylic acids is 1. The van der Waals surface area contributed by atoms with E-state index in [1.807, 2.05) is 25.3 Å². The van der Waals surface area contributed by atoms with Crippen molar-refractivity contribution in [2.75, 3.05) is 31.2 Å². The Morgan fingerprint density at radius 3 is 2.61 bits per heavy atom. The SMILES string of the molecule is CCCOc1ccc(C(=O)NCc2ccc(N3CCCC3)nc2)cc1OCC. The number of ether oxygens (including phenoxy) is 2. The summed E-state index contributed by atoms with van der Waals surface area (Å²) < 4.78 is 11.3. The van der Waals surface area contributed by atoms with Gasteiger partial charge >= 0.3 is 0 Å². The minimum absolute atomic E-state index is 0.147. The molecule has 0 aliphatic carbocycles. The molecule has 3 rings (SSSR count). The molecule has 1 fully saturated rings. The number of nitrogens with zero attached hydrogens (tertiary/aromatic N) is 2. The first-order chi connectivity index (χ1) is 13.7. The maximum atomic E-state index is 12.5. The van der Waals surface area contributed by atoms with Gasteiger partial charge in [-0.25, -0.2) is 4.98 Å². The van der Waals surface area contributed by atoms with Gasteiger partial charge in [0, 0.05) is 31.4 Å². The molecule has 1 aliphatic rings. The van der Waals surface area contributed by atoms with Crippen LogP contribution in [-0.4, -0.2) is 37.2 Å². The molecule has 6 heteroatoms. The van der Waals surface area contributed by atoms with E-state index in [1.165, 1.54) is 12.8 Å². The number of rotatable bonds is 9. The number of pyridine rings is 1. The second-order valence-corrected chi connectivity index (χ2v) is 6.84. The van der Waals surface area contributed by atoms with Crippen LogP contribution >= 0.6 is 0 Å². The number of nitrogens with one attached hydrogen (secondary N) is 1. The molecule has 2 heterocycles. The van der Waals surface area contributed by atoms with Crippen molar-refractivity contribution in [2.45, 2.75) is 39.7 Å². The predicted octanol–water partition coefficient (Wildman–Crippen LogP) is 3.80. The average molecular weight is 383 g/mol. The number of amides is 1. The number of benzene rings is 1. The standard InChI is InChI=1S/C22H29N3O3/c1-3-13-28-19-9-8-18(14-20(19)27-4-2)22(26)24-16-17-7-10-21(23-15-17)25-11-5-6-12-25/h7-10,14-15H,3-6,11-13,16H2,1-2H3,(H,24,26). The van der Waals surface area contributed by atoms with Gasteiger partial charge in [-0.3, -0.25) is 4.79 Å². The molecule has 2 aromatic rings. The van der Waals surface area contributed by atoms with Gasteiger partial charge in [0.05, 0.1) is 13.2 Å². The van der Waals surface area contributed by atoms with Crippen LogP contribution in [0.5, 0.6) is 11.5 Å². The van der Waals surface area contributed by atoms with E-state index < -0.39 is 0 Å². The van der Waals surface area contributed by atoms with Gasteiger partial charge in [-0.15, -0.1) is 0 Å². The van der Waals surface area contributed by atoms with Crippen LogP contribution in [0, 0.1) is 0 Å². The van der Waals surface area contributed by atoms with Crippen LogP contribution in [0.4, 0.5) is 5.82 Å². The fourth-order valence-electron chi connectivity index (χ4n) is 3.19. The lowest BCUT2D eigenvalue weighted by Gasteiger charge is -2.16. The third-order valence-electron chi connectivity index (χ3n) is 4.66. The van der Waals surface area contributed by atoms with Crippen molar-refractivity contribution in [3.63, 3.8) is 0 Å². The molecule has 0 atom stereocenters. The van der Waals surface area contributed by atoms with E-state index in [4.69, 9.17) is 9.47 Å². The topological polar surface area (TPSA) is 63.7 Å². The maximum Gasteiger partial charge on any atom is 0.251 e. The second kappa shape index (κ2) is 9.97. The lowest BCUT2D eigenvalue weighted by molar-refractivity contribution is 0.0950. The van der Waals surface area contributed by atoms with Gasteiger partial charge in [-0.1, -0.05) is 13.0 Å². The van der Waals surface area contributed by atoms with Crippen molar-refractivity contribution in [3.05, 3.63) is 47.7 Å². The van der Waals surface area contributed by atoms with Gasteiger partial charge in [-0.2, -0.15) is 0 Å². The highest BCUT2D eigenvalue weighted by Gasteiger charge is 2.14. The number of hydrogen-bond donors (Lipinski definition) is 1. The first-order valence-electron chi connectivity index (χ1n) is 10.1. The number of carbonyl (C=O) groups is 1. The lowest BCUT2D eigenvalue weighted by Crippen LogP contribution is -2.23.